The van der Waals surface area contributed by atoms with E-state index in [2.05, 4.69) is 13.8 Å². The van der Waals surface area contributed by atoms with Crippen molar-refractivity contribution < 1.29 is 4.79 Å². The molecule has 1 unspecified atom stereocenters. The van der Waals surface area contributed by atoms with E-state index in [4.69, 9.17) is 5.73 Å². The van der Waals surface area contributed by atoms with E-state index in [0.717, 1.165) is 25.7 Å². The van der Waals surface area contributed by atoms with Crippen molar-refractivity contribution in [1.82, 2.24) is 0 Å². The molecule has 0 rings (SSSR count). The van der Waals surface area contributed by atoms with E-state index >= 15 is 0 Å². The number of amides is 1. The fraction of sp³-hybridized carbons (Fsp3) is 0.950. The van der Waals surface area contributed by atoms with Gasteiger partial charge in [-0.1, -0.05) is 104 Å². The molecule has 0 aromatic carbocycles. The van der Waals surface area contributed by atoms with E-state index in [0.29, 0.717) is 0 Å². The third-order valence-electron chi connectivity index (χ3n) is 4.71. The van der Waals surface area contributed by atoms with Gasteiger partial charge in [-0.2, -0.15) is 0 Å². The first-order valence-electron chi connectivity index (χ1n) is 10.0. The van der Waals surface area contributed by atoms with Gasteiger partial charge in [-0.15, -0.1) is 0 Å². The average molecular weight is 312 g/mol. The molecule has 1 atom stereocenters. The van der Waals surface area contributed by atoms with Gasteiger partial charge >= 0.3 is 0 Å². The van der Waals surface area contributed by atoms with Crippen LogP contribution in [0, 0.1) is 5.92 Å². The third kappa shape index (κ3) is 14.4. The highest BCUT2D eigenvalue weighted by atomic mass is 16.1. The minimum Gasteiger partial charge on any atom is -0.369 e. The fourth-order valence-electron chi connectivity index (χ4n) is 3.11. The van der Waals surface area contributed by atoms with Crippen molar-refractivity contribution in [3.05, 3.63) is 0 Å². The molecular formula is C20H41NO. The van der Waals surface area contributed by atoms with Gasteiger partial charge < -0.3 is 5.73 Å². The fourth-order valence-corrected chi connectivity index (χ4v) is 3.11. The molecule has 0 aromatic rings. The van der Waals surface area contributed by atoms with Crippen molar-refractivity contribution in [1.29, 1.82) is 0 Å². The molecule has 0 fully saturated rings. The number of carbonyl (C=O) groups excluding carboxylic acids is 1. The van der Waals surface area contributed by atoms with Crippen molar-refractivity contribution >= 4 is 5.91 Å². The summed E-state index contributed by atoms with van der Waals surface area (Å²) in [6.45, 7) is 4.44. The number of unbranched alkanes of at least 4 members (excludes halogenated alkanes) is 12. The van der Waals surface area contributed by atoms with Crippen molar-refractivity contribution in [2.75, 3.05) is 0 Å². The second kappa shape index (κ2) is 16.8. The van der Waals surface area contributed by atoms with Gasteiger partial charge in [0.05, 0.1) is 0 Å². The number of primary amides is 1. The SMILES string of the molecule is CCCCCCCCCCCCCCC(CCCC)C(N)=O. The van der Waals surface area contributed by atoms with Crippen LogP contribution in [0.4, 0.5) is 0 Å². The molecule has 0 aliphatic carbocycles. The smallest absolute Gasteiger partial charge is 0.220 e. The summed E-state index contributed by atoms with van der Waals surface area (Å²) in [5, 5.41) is 0. The Morgan fingerprint density at radius 1 is 0.636 bits per heavy atom. The Hall–Kier alpha value is -0.530. The van der Waals surface area contributed by atoms with Crippen molar-refractivity contribution in [3.8, 4) is 0 Å². The van der Waals surface area contributed by atoms with Crippen LogP contribution < -0.4 is 5.73 Å². The standard InChI is InChI=1S/C20H41NO/c1-3-5-7-8-9-10-11-12-13-14-15-16-18-19(20(21)22)17-6-4-2/h19H,3-18H2,1-2H3,(H2,21,22). The van der Waals surface area contributed by atoms with Gasteiger partial charge in [-0.05, 0) is 12.8 Å². The molecule has 0 saturated carbocycles. The van der Waals surface area contributed by atoms with Gasteiger partial charge in [-0.3, -0.25) is 4.79 Å². The lowest BCUT2D eigenvalue weighted by Crippen LogP contribution is -2.23. The molecule has 0 spiro atoms. The number of hydrogen-bond acceptors (Lipinski definition) is 1. The maximum absolute atomic E-state index is 11.4. The quantitative estimate of drug-likeness (QED) is 0.312. The predicted molar refractivity (Wildman–Crippen MR) is 97.9 cm³/mol. The molecule has 2 heteroatoms. The van der Waals surface area contributed by atoms with E-state index in [1.54, 1.807) is 0 Å². The van der Waals surface area contributed by atoms with Crippen LogP contribution in [0.15, 0.2) is 0 Å². The molecule has 0 radical (unpaired) electrons. The Balaban J connectivity index is 3.29. The average Bonchev–Trinajstić information content (AvgIpc) is 2.51. The summed E-state index contributed by atoms with van der Waals surface area (Å²) in [6.07, 6.45) is 20.7. The lowest BCUT2D eigenvalue weighted by Gasteiger charge is -2.12. The molecular weight excluding hydrogens is 270 g/mol. The second-order valence-electron chi connectivity index (χ2n) is 6.92. The van der Waals surface area contributed by atoms with Crippen LogP contribution in [0.2, 0.25) is 0 Å². The van der Waals surface area contributed by atoms with Crippen LogP contribution in [0.3, 0.4) is 0 Å². The summed E-state index contributed by atoms with van der Waals surface area (Å²) in [7, 11) is 0. The lowest BCUT2D eigenvalue weighted by molar-refractivity contribution is -0.122. The highest BCUT2D eigenvalue weighted by molar-refractivity contribution is 5.76. The van der Waals surface area contributed by atoms with Crippen molar-refractivity contribution in [2.45, 2.75) is 117 Å². The monoisotopic (exact) mass is 311 g/mol. The minimum absolute atomic E-state index is 0.0866. The zero-order valence-electron chi connectivity index (χ0n) is 15.4. The highest BCUT2D eigenvalue weighted by Crippen LogP contribution is 2.18. The number of hydrogen-bond donors (Lipinski definition) is 1. The first-order valence-corrected chi connectivity index (χ1v) is 10.0. The summed E-state index contributed by atoms with van der Waals surface area (Å²) >= 11 is 0. The Kier molecular flexibility index (Phi) is 16.4. The summed E-state index contributed by atoms with van der Waals surface area (Å²) < 4.78 is 0. The zero-order valence-corrected chi connectivity index (χ0v) is 15.4. The molecule has 0 saturated heterocycles. The van der Waals surface area contributed by atoms with Crippen LogP contribution in [-0.4, -0.2) is 5.91 Å². The van der Waals surface area contributed by atoms with Gasteiger partial charge in [0.15, 0.2) is 0 Å². The summed E-state index contributed by atoms with van der Waals surface area (Å²) in [5.41, 5.74) is 5.48. The zero-order chi connectivity index (χ0) is 16.5. The van der Waals surface area contributed by atoms with E-state index in [1.807, 2.05) is 0 Å². The summed E-state index contributed by atoms with van der Waals surface area (Å²) in [5.74, 6) is 0.0413. The molecule has 132 valence electrons. The molecule has 0 aliphatic rings. The van der Waals surface area contributed by atoms with E-state index in [9.17, 15) is 4.79 Å². The Labute approximate surface area is 139 Å². The first kappa shape index (κ1) is 21.5. The Bertz CT molecular complexity index is 240. The van der Waals surface area contributed by atoms with Gasteiger partial charge in [0.1, 0.15) is 0 Å². The van der Waals surface area contributed by atoms with Gasteiger partial charge in [0, 0.05) is 5.92 Å². The van der Waals surface area contributed by atoms with E-state index in [-0.39, 0.29) is 11.8 Å². The maximum Gasteiger partial charge on any atom is 0.220 e. The Morgan fingerprint density at radius 2 is 1.00 bits per heavy atom. The molecule has 2 N–H and O–H groups in total. The minimum atomic E-state index is -0.0866. The molecule has 2 nitrogen and oxygen atoms in total. The van der Waals surface area contributed by atoms with Crippen LogP contribution >= 0.6 is 0 Å². The lowest BCUT2D eigenvalue weighted by atomic mass is 9.94. The first-order chi connectivity index (χ1) is 10.7. The largest absolute Gasteiger partial charge is 0.369 e. The molecule has 0 aromatic heterocycles. The van der Waals surface area contributed by atoms with Crippen molar-refractivity contribution in [3.63, 3.8) is 0 Å². The number of rotatable bonds is 17. The van der Waals surface area contributed by atoms with Crippen LogP contribution in [-0.2, 0) is 4.79 Å². The molecule has 1 amide bonds. The molecule has 0 aliphatic heterocycles. The summed E-state index contributed by atoms with van der Waals surface area (Å²) in [6, 6.07) is 0. The predicted octanol–water partition coefficient (Wildman–Crippen LogP) is 6.37. The summed E-state index contributed by atoms with van der Waals surface area (Å²) in [4.78, 5) is 11.4. The van der Waals surface area contributed by atoms with E-state index < -0.39 is 0 Å². The normalized spacial score (nSPS) is 12.5. The van der Waals surface area contributed by atoms with Crippen LogP contribution in [0.25, 0.3) is 0 Å². The van der Waals surface area contributed by atoms with Crippen molar-refractivity contribution in [2.24, 2.45) is 11.7 Å². The van der Waals surface area contributed by atoms with Gasteiger partial charge in [0.25, 0.3) is 0 Å². The number of carbonyl (C=O) groups is 1. The topological polar surface area (TPSA) is 43.1 Å². The maximum atomic E-state index is 11.4. The van der Waals surface area contributed by atoms with E-state index in [1.165, 1.54) is 77.0 Å². The van der Waals surface area contributed by atoms with Gasteiger partial charge in [-0.25, -0.2) is 0 Å². The molecule has 22 heavy (non-hydrogen) atoms. The molecule has 0 bridgehead atoms. The second-order valence-corrected chi connectivity index (χ2v) is 6.92. The highest BCUT2D eigenvalue weighted by Gasteiger charge is 2.13. The van der Waals surface area contributed by atoms with Crippen LogP contribution in [0.5, 0.6) is 0 Å². The number of nitrogens with two attached hydrogens (primary N) is 1. The third-order valence-corrected chi connectivity index (χ3v) is 4.71. The molecule has 0 heterocycles. The Morgan fingerprint density at radius 3 is 1.41 bits per heavy atom. The van der Waals surface area contributed by atoms with Crippen LogP contribution in [0.1, 0.15) is 117 Å². The van der Waals surface area contributed by atoms with Gasteiger partial charge in [0.2, 0.25) is 5.91 Å².